The highest BCUT2D eigenvalue weighted by atomic mass is 32.2. The molecule has 0 aromatic rings. The second kappa shape index (κ2) is 7.58. The lowest BCUT2D eigenvalue weighted by Gasteiger charge is -2.28. The lowest BCUT2D eigenvalue weighted by atomic mass is 9.82. The molecule has 0 radical (unpaired) electrons. The van der Waals surface area contributed by atoms with Crippen molar-refractivity contribution in [3.63, 3.8) is 0 Å². The quantitative estimate of drug-likeness (QED) is 0.624. The molecule has 1 unspecified atom stereocenters. The molecule has 0 rings (SSSR count). The molecule has 0 saturated heterocycles. The Kier molecular flexibility index (Phi) is 7.75. The van der Waals surface area contributed by atoms with E-state index in [1.54, 1.807) is 0 Å². The van der Waals surface area contributed by atoms with Gasteiger partial charge in [0.15, 0.2) is 0 Å². The first kappa shape index (κ1) is 14.3. The van der Waals surface area contributed by atoms with Crippen LogP contribution in [0.1, 0.15) is 47.0 Å². The van der Waals surface area contributed by atoms with Gasteiger partial charge in [-0.3, -0.25) is 0 Å². The molecule has 0 bridgehead atoms. The van der Waals surface area contributed by atoms with Crippen molar-refractivity contribution in [3.8, 4) is 0 Å². The minimum Gasteiger partial charge on any atom is -0.315 e. The fourth-order valence-corrected chi connectivity index (χ4v) is 2.48. The van der Waals surface area contributed by atoms with Crippen LogP contribution in [0.25, 0.3) is 0 Å². The molecule has 86 valence electrons. The first-order chi connectivity index (χ1) is 6.52. The van der Waals surface area contributed by atoms with E-state index in [9.17, 15) is 0 Å². The molecule has 0 aliphatic carbocycles. The molecule has 0 heterocycles. The Morgan fingerprint density at radius 1 is 1.36 bits per heavy atom. The largest absolute Gasteiger partial charge is 0.315 e. The van der Waals surface area contributed by atoms with Crippen LogP contribution >= 0.6 is 11.8 Å². The molecule has 1 nitrogen and oxygen atoms in total. The van der Waals surface area contributed by atoms with Crippen molar-refractivity contribution in [2.24, 2.45) is 5.41 Å². The Hall–Kier alpha value is 0.310. The third-order valence-corrected chi connectivity index (χ3v) is 3.31. The maximum atomic E-state index is 3.49. The van der Waals surface area contributed by atoms with Crippen molar-refractivity contribution >= 4 is 11.8 Å². The van der Waals surface area contributed by atoms with Gasteiger partial charge in [-0.25, -0.2) is 0 Å². The second-order valence-electron chi connectivity index (χ2n) is 4.92. The third kappa shape index (κ3) is 7.69. The molecular weight excluding hydrogens is 190 g/mol. The van der Waals surface area contributed by atoms with Gasteiger partial charge in [-0.2, -0.15) is 11.8 Å². The van der Waals surface area contributed by atoms with Crippen LogP contribution in [0.15, 0.2) is 0 Å². The Morgan fingerprint density at radius 2 is 2.00 bits per heavy atom. The molecule has 0 amide bonds. The average molecular weight is 217 g/mol. The van der Waals surface area contributed by atoms with Crippen LogP contribution in [0.5, 0.6) is 0 Å². The summed E-state index contributed by atoms with van der Waals surface area (Å²) in [5.41, 5.74) is 0.497. The van der Waals surface area contributed by atoms with Gasteiger partial charge in [0.05, 0.1) is 0 Å². The first-order valence-electron chi connectivity index (χ1n) is 5.74. The number of hydrogen-bond donors (Lipinski definition) is 1. The van der Waals surface area contributed by atoms with Gasteiger partial charge in [0.2, 0.25) is 0 Å². The summed E-state index contributed by atoms with van der Waals surface area (Å²) in [7, 11) is 0. The maximum absolute atomic E-state index is 3.49. The van der Waals surface area contributed by atoms with E-state index in [2.05, 4.69) is 39.3 Å². The molecular formula is C12H27NS. The summed E-state index contributed by atoms with van der Waals surface area (Å²) in [4.78, 5) is 0. The molecule has 0 aromatic heterocycles. The van der Waals surface area contributed by atoms with Crippen LogP contribution in [-0.4, -0.2) is 24.6 Å². The highest BCUT2D eigenvalue weighted by Crippen LogP contribution is 2.28. The normalized spacial score (nSPS) is 14.4. The number of hydrogen-bond acceptors (Lipinski definition) is 2. The summed E-state index contributed by atoms with van der Waals surface area (Å²) in [6.45, 7) is 10.3. The standard InChI is InChI=1S/C12H27NS/c1-6-13-11(2)10-12(3,4)8-7-9-14-5/h11,13H,6-10H2,1-5H3. The van der Waals surface area contributed by atoms with Crippen LogP contribution in [-0.2, 0) is 0 Å². The first-order valence-corrected chi connectivity index (χ1v) is 7.13. The van der Waals surface area contributed by atoms with Gasteiger partial charge in [-0.05, 0) is 50.2 Å². The predicted octanol–water partition coefficient (Wildman–Crippen LogP) is 3.54. The molecule has 14 heavy (non-hydrogen) atoms. The summed E-state index contributed by atoms with van der Waals surface area (Å²) in [5.74, 6) is 1.30. The van der Waals surface area contributed by atoms with Crippen molar-refractivity contribution < 1.29 is 0 Å². The molecule has 2 heteroatoms. The molecule has 0 fully saturated rings. The molecule has 0 aliphatic heterocycles. The monoisotopic (exact) mass is 217 g/mol. The Bertz CT molecular complexity index is 134. The van der Waals surface area contributed by atoms with Crippen LogP contribution in [0.2, 0.25) is 0 Å². The Morgan fingerprint density at radius 3 is 2.50 bits per heavy atom. The number of thioether (sulfide) groups is 1. The zero-order valence-electron chi connectivity index (χ0n) is 10.5. The summed E-state index contributed by atoms with van der Waals surface area (Å²) < 4.78 is 0. The van der Waals surface area contributed by atoms with Gasteiger partial charge in [0, 0.05) is 6.04 Å². The van der Waals surface area contributed by atoms with Gasteiger partial charge in [0.25, 0.3) is 0 Å². The van der Waals surface area contributed by atoms with Crippen molar-refractivity contribution in [3.05, 3.63) is 0 Å². The second-order valence-corrected chi connectivity index (χ2v) is 5.91. The molecule has 0 spiro atoms. The van der Waals surface area contributed by atoms with E-state index >= 15 is 0 Å². The highest BCUT2D eigenvalue weighted by Gasteiger charge is 2.19. The summed E-state index contributed by atoms with van der Waals surface area (Å²) >= 11 is 1.96. The third-order valence-electron chi connectivity index (χ3n) is 2.61. The predicted molar refractivity (Wildman–Crippen MR) is 69.2 cm³/mol. The molecule has 0 aliphatic rings. The summed E-state index contributed by atoms with van der Waals surface area (Å²) in [6.07, 6.45) is 6.18. The van der Waals surface area contributed by atoms with Gasteiger partial charge < -0.3 is 5.32 Å². The molecule has 1 atom stereocenters. The van der Waals surface area contributed by atoms with E-state index in [1.807, 2.05) is 11.8 Å². The van der Waals surface area contributed by atoms with E-state index in [0.717, 1.165) is 6.54 Å². The number of rotatable bonds is 8. The van der Waals surface area contributed by atoms with Gasteiger partial charge in [0.1, 0.15) is 0 Å². The maximum Gasteiger partial charge on any atom is 0.00436 e. The topological polar surface area (TPSA) is 12.0 Å². The molecule has 0 aromatic carbocycles. The highest BCUT2D eigenvalue weighted by molar-refractivity contribution is 7.98. The van der Waals surface area contributed by atoms with Crippen molar-refractivity contribution in [2.45, 2.75) is 53.0 Å². The van der Waals surface area contributed by atoms with E-state index < -0.39 is 0 Å². The molecule has 0 saturated carbocycles. The average Bonchev–Trinajstić information content (AvgIpc) is 2.03. The van der Waals surface area contributed by atoms with Crippen LogP contribution in [0.4, 0.5) is 0 Å². The van der Waals surface area contributed by atoms with Crippen molar-refractivity contribution in [2.75, 3.05) is 18.6 Å². The van der Waals surface area contributed by atoms with E-state index in [1.165, 1.54) is 25.0 Å². The van der Waals surface area contributed by atoms with Crippen LogP contribution < -0.4 is 5.32 Å². The van der Waals surface area contributed by atoms with E-state index in [4.69, 9.17) is 0 Å². The minimum absolute atomic E-state index is 0.497. The summed E-state index contributed by atoms with van der Waals surface area (Å²) in [5, 5.41) is 3.49. The van der Waals surface area contributed by atoms with Gasteiger partial charge in [-0.1, -0.05) is 20.8 Å². The van der Waals surface area contributed by atoms with E-state index in [0.29, 0.717) is 11.5 Å². The lowest BCUT2D eigenvalue weighted by Crippen LogP contribution is -2.31. The van der Waals surface area contributed by atoms with Crippen molar-refractivity contribution in [1.82, 2.24) is 5.32 Å². The fourth-order valence-electron chi connectivity index (χ4n) is 2.05. The Labute approximate surface area is 94.4 Å². The molecule has 1 N–H and O–H groups in total. The lowest BCUT2D eigenvalue weighted by molar-refractivity contribution is 0.268. The zero-order valence-corrected chi connectivity index (χ0v) is 11.3. The van der Waals surface area contributed by atoms with Gasteiger partial charge >= 0.3 is 0 Å². The van der Waals surface area contributed by atoms with Crippen LogP contribution in [0, 0.1) is 5.41 Å². The number of nitrogens with one attached hydrogen (secondary N) is 1. The Balaban J connectivity index is 3.69. The van der Waals surface area contributed by atoms with Crippen molar-refractivity contribution in [1.29, 1.82) is 0 Å². The van der Waals surface area contributed by atoms with Crippen LogP contribution in [0.3, 0.4) is 0 Å². The SMILES string of the molecule is CCNC(C)CC(C)(C)CCCSC. The minimum atomic E-state index is 0.497. The zero-order chi connectivity index (χ0) is 11.0. The van der Waals surface area contributed by atoms with E-state index in [-0.39, 0.29) is 0 Å². The smallest absolute Gasteiger partial charge is 0.00436 e. The van der Waals surface area contributed by atoms with Gasteiger partial charge in [-0.15, -0.1) is 0 Å². The summed E-state index contributed by atoms with van der Waals surface area (Å²) in [6, 6.07) is 0.657. The fraction of sp³-hybridized carbons (Fsp3) is 1.00.